The summed E-state index contributed by atoms with van der Waals surface area (Å²) in [5.41, 5.74) is -0.837. The van der Waals surface area contributed by atoms with Gasteiger partial charge in [0, 0.05) is 11.5 Å². The summed E-state index contributed by atoms with van der Waals surface area (Å²) < 4.78 is 78.0. The van der Waals surface area contributed by atoms with Crippen LogP contribution in [0.15, 0.2) is 12.2 Å². The summed E-state index contributed by atoms with van der Waals surface area (Å²) >= 11 is 0. The lowest BCUT2D eigenvalue weighted by Gasteiger charge is -2.61. The van der Waals surface area contributed by atoms with E-state index in [1.165, 1.54) is 6.92 Å². The number of esters is 2. The summed E-state index contributed by atoms with van der Waals surface area (Å²) in [7, 11) is -3.78. The zero-order valence-electron chi connectivity index (χ0n) is 17.6. The molecule has 0 aromatic heterocycles. The average molecular weight is 468 g/mol. The highest BCUT2D eigenvalue weighted by Crippen LogP contribution is 2.62. The lowest BCUT2D eigenvalue weighted by molar-refractivity contribution is -0.239. The molecule has 0 heterocycles. The van der Waals surface area contributed by atoms with Crippen molar-refractivity contribution in [1.82, 2.24) is 0 Å². The van der Waals surface area contributed by atoms with Crippen molar-refractivity contribution < 1.29 is 44.8 Å². The highest BCUT2D eigenvalue weighted by atomic mass is 32.2. The van der Waals surface area contributed by atoms with E-state index in [4.69, 9.17) is 9.47 Å². The zero-order chi connectivity index (χ0) is 23.4. The first-order chi connectivity index (χ1) is 14.2. The molecule has 7 unspecified atom stereocenters. The summed E-state index contributed by atoms with van der Waals surface area (Å²) in [6.07, 6.45) is -5.36. The van der Waals surface area contributed by atoms with Gasteiger partial charge in [-0.3, -0.25) is 8.98 Å². The Balaban J connectivity index is 1.86. The number of hydrogen-bond acceptors (Lipinski definition) is 7. The van der Waals surface area contributed by atoms with Gasteiger partial charge in [-0.2, -0.15) is 21.6 Å². The number of halogens is 3. The summed E-state index contributed by atoms with van der Waals surface area (Å²) in [4.78, 5) is 25.2. The Hall–Kier alpha value is -1.62. The first-order valence-corrected chi connectivity index (χ1v) is 11.7. The molecule has 0 amide bonds. The van der Waals surface area contributed by atoms with Gasteiger partial charge in [0.25, 0.3) is 10.1 Å². The molecular weight excluding hydrogens is 441 g/mol. The molecule has 0 radical (unpaired) electrons. The summed E-state index contributed by atoms with van der Waals surface area (Å²) in [6, 6.07) is 0. The highest BCUT2D eigenvalue weighted by molar-refractivity contribution is 7.86. The summed E-state index contributed by atoms with van der Waals surface area (Å²) in [5, 5.41) is 0. The zero-order valence-corrected chi connectivity index (χ0v) is 18.4. The van der Waals surface area contributed by atoms with E-state index in [0.717, 1.165) is 13.5 Å². The van der Waals surface area contributed by atoms with E-state index in [0.29, 0.717) is 25.2 Å². The Bertz CT molecular complexity index is 868. The molecule has 0 aromatic carbocycles. The van der Waals surface area contributed by atoms with Crippen LogP contribution in [-0.4, -0.2) is 51.1 Å². The topological polar surface area (TPSA) is 96.0 Å². The molecule has 7 nitrogen and oxygen atoms in total. The third kappa shape index (κ3) is 4.62. The fraction of sp³-hybridized carbons (Fsp3) is 0.800. The number of carbonyl (C=O) groups excluding carboxylic acids is 2. The van der Waals surface area contributed by atoms with Crippen LogP contribution >= 0.6 is 0 Å². The molecule has 0 aliphatic heterocycles. The maximum absolute atomic E-state index is 13.4. The maximum Gasteiger partial charge on any atom is 0.426 e. The van der Waals surface area contributed by atoms with Gasteiger partial charge < -0.3 is 9.47 Å². The van der Waals surface area contributed by atoms with Crippen molar-refractivity contribution in [2.24, 2.45) is 29.6 Å². The molecular formula is C20H27F3O7S. The quantitative estimate of drug-likeness (QED) is 0.322. The SMILES string of the molecule is C=C(C)C(=O)OC1(C)C2CC3CC(C2)C(C(=O)OC(CS(=O)(=O)OC)C(F)(F)F)C1C3. The third-order valence-corrected chi connectivity index (χ3v) is 8.30. The van der Waals surface area contributed by atoms with E-state index in [2.05, 4.69) is 10.8 Å². The Morgan fingerprint density at radius 2 is 1.84 bits per heavy atom. The molecule has 4 rings (SSSR count). The summed E-state index contributed by atoms with van der Waals surface area (Å²) in [5.74, 6) is -4.55. The summed E-state index contributed by atoms with van der Waals surface area (Å²) in [6.45, 7) is 6.79. The number of rotatable bonds is 7. The normalized spacial score (nSPS) is 35.5. The van der Waals surface area contributed by atoms with E-state index in [1.54, 1.807) is 6.92 Å². The molecule has 4 fully saturated rings. The van der Waals surface area contributed by atoms with Crippen LogP contribution in [0.2, 0.25) is 0 Å². The number of alkyl halides is 3. The van der Waals surface area contributed by atoms with Crippen LogP contribution in [0.1, 0.15) is 39.5 Å². The second-order valence-corrected chi connectivity index (χ2v) is 10.9. The van der Waals surface area contributed by atoms with Crippen molar-refractivity contribution in [2.75, 3.05) is 12.9 Å². The number of hydrogen-bond donors (Lipinski definition) is 0. The van der Waals surface area contributed by atoms with Crippen LogP contribution in [0.3, 0.4) is 0 Å². The average Bonchev–Trinajstić information content (AvgIpc) is 2.64. The second-order valence-electron chi connectivity index (χ2n) is 9.11. The van der Waals surface area contributed by atoms with E-state index < -0.39 is 57.5 Å². The molecule has 0 spiro atoms. The molecule has 31 heavy (non-hydrogen) atoms. The molecule has 0 N–H and O–H groups in total. The van der Waals surface area contributed by atoms with Crippen LogP contribution in [0.4, 0.5) is 13.2 Å². The van der Waals surface area contributed by atoms with Crippen LogP contribution in [0, 0.1) is 29.6 Å². The highest BCUT2D eigenvalue weighted by Gasteiger charge is 2.64. The molecule has 4 aliphatic rings. The Labute approximate surface area is 179 Å². The Kier molecular flexibility index (Phi) is 6.25. The van der Waals surface area contributed by atoms with Gasteiger partial charge in [-0.1, -0.05) is 6.58 Å². The van der Waals surface area contributed by atoms with Crippen LogP contribution < -0.4 is 0 Å². The van der Waals surface area contributed by atoms with Crippen molar-refractivity contribution in [1.29, 1.82) is 0 Å². The maximum atomic E-state index is 13.4. The van der Waals surface area contributed by atoms with Crippen LogP contribution in [0.5, 0.6) is 0 Å². The minimum absolute atomic E-state index is 0.00497. The smallest absolute Gasteiger partial charge is 0.426 e. The van der Waals surface area contributed by atoms with Gasteiger partial charge in [-0.15, -0.1) is 0 Å². The predicted molar refractivity (Wildman–Crippen MR) is 102 cm³/mol. The lowest BCUT2D eigenvalue weighted by atomic mass is 9.46. The minimum Gasteiger partial charge on any atom is -0.455 e. The van der Waals surface area contributed by atoms with E-state index in [9.17, 15) is 31.2 Å². The molecule has 0 aromatic rings. The van der Waals surface area contributed by atoms with Crippen molar-refractivity contribution in [3.05, 3.63) is 12.2 Å². The standard InChI is InChI=1S/C20H27F3O7S/c1-10(2)17(24)30-19(3)13-6-11-5-12(8-13)16(14(19)7-11)18(25)29-15(20(21,22)23)9-31(26,27)28-4/h11-16H,1,5-9H2,2-4H3. The lowest BCUT2D eigenvalue weighted by Crippen LogP contribution is -2.63. The van der Waals surface area contributed by atoms with Gasteiger partial charge in [-0.05, 0) is 57.3 Å². The van der Waals surface area contributed by atoms with Crippen molar-refractivity contribution >= 4 is 22.1 Å². The van der Waals surface area contributed by atoms with Crippen molar-refractivity contribution in [2.45, 2.75) is 57.4 Å². The van der Waals surface area contributed by atoms with Gasteiger partial charge in [-0.25, -0.2) is 4.79 Å². The largest absolute Gasteiger partial charge is 0.455 e. The van der Waals surface area contributed by atoms with Gasteiger partial charge in [0.2, 0.25) is 6.10 Å². The van der Waals surface area contributed by atoms with Gasteiger partial charge >= 0.3 is 18.1 Å². The van der Waals surface area contributed by atoms with Crippen molar-refractivity contribution in [3.63, 3.8) is 0 Å². The van der Waals surface area contributed by atoms with E-state index in [1.807, 2.05) is 0 Å². The second kappa shape index (κ2) is 8.06. The van der Waals surface area contributed by atoms with Crippen LogP contribution in [-0.2, 0) is 33.4 Å². The Morgan fingerprint density at radius 1 is 1.19 bits per heavy atom. The third-order valence-electron chi connectivity index (χ3n) is 7.08. The first-order valence-electron chi connectivity index (χ1n) is 10.1. The predicted octanol–water partition coefficient (Wildman–Crippen LogP) is 3.00. The van der Waals surface area contributed by atoms with E-state index >= 15 is 0 Å². The molecule has 11 heteroatoms. The number of ether oxygens (including phenoxy) is 2. The molecule has 176 valence electrons. The molecule has 0 saturated heterocycles. The van der Waals surface area contributed by atoms with Gasteiger partial charge in [0.1, 0.15) is 11.4 Å². The molecule has 4 aliphatic carbocycles. The molecule has 7 atom stereocenters. The fourth-order valence-corrected chi connectivity index (χ4v) is 6.40. The van der Waals surface area contributed by atoms with Gasteiger partial charge in [0.15, 0.2) is 0 Å². The minimum atomic E-state index is -5.08. The monoisotopic (exact) mass is 468 g/mol. The Morgan fingerprint density at radius 3 is 2.39 bits per heavy atom. The first kappa shape index (κ1) is 24.0. The fourth-order valence-electron chi connectivity index (χ4n) is 5.64. The van der Waals surface area contributed by atoms with Gasteiger partial charge in [0.05, 0.1) is 13.0 Å². The van der Waals surface area contributed by atoms with E-state index in [-0.39, 0.29) is 17.4 Å². The van der Waals surface area contributed by atoms with Crippen molar-refractivity contribution in [3.8, 4) is 0 Å². The van der Waals surface area contributed by atoms with Crippen LogP contribution in [0.25, 0.3) is 0 Å². The number of carbonyl (C=O) groups is 2. The molecule has 4 saturated carbocycles. The molecule has 4 bridgehead atoms.